The summed E-state index contributed by atoms with van der Waals surface area (Å²) in [6.07, 6.45) is 0.0498. The molecule has 3 N–H and O–H groups in total. The van der Waals surface area contributed by atoms with Crippen LogP contribution in [-0.4, -0.2) is 26.3 Å². The van der Waals surface area contributed by atoms with Crippen LogP contribution in [0.2, 0.25) is 0 Å². The van der Waals surface area contributed by atoms with Crippen molar-refractivity contribution >= 4 is 5.69 Å². The molecule has 1 unspecified atom stereocenters. The third kappa shape index (κ3) is 3.81. The Kier molecular flexibility index (Phi) is 4.95. The van der Waals surface area contributed by atoms with E-state index >= 15 is 0 Å². The zero-order valence-corrected chi connectivity index (χ0v) is 11.2. The van der Waals surface area contributed by atoms with Gasteiger partial charge in [-0.05, 0) is 23.3 Å². The molecule has 0 aromatic heterocycles. The van der Waals surface area contributed by atoms with Crippen LogP contribution in [0.5, 0.6) is 0 Å². The molecule has 2 aromatic rings. The van der Waals surface area contributed by atoms with Gasteiger partial charge in [-0.15, -0.1) is 0 Å². The molecule has 0 fully saturated rings. The maximum Gasteiger partial charge on any atom is 0.0865 e. The largest absolute Gasteiger partial charge is 0.382 e. The van der Waals surface area contributed by atoms with Crippen LogP contribution < -0.4 is 11.1 Å². The smallest absolute Gasteiger partial charge is 0.0865 e. The van der Waals surface area contributed by atoms with Gasteiger partial charge in [0.15, 0.2) is 0 Å². The van der Waals surface area contributed by atoms with Crippen LogP contribution in [0.1, 0.15) is 0 Å². The molecule has 0 radical (unpaired) electrons. The number of nitrogens with one attached hydrogen (secondary N) is 1. The second-order valence-electron chi connectivity index (χ2n) is 4.42. The molecule has 2 rings (SSSR count). The van der Waals surface area contributed by atoms with Crippen molar-refractivity contribution in [3.05, 3.63) is 54.6 Å². The van der Waals surface area contributed by atoms with Crippen LogP contribution in [0, 0.1) is 0 Å². The van der Waals surface area contributed by atoms with Crippen molar-refractivity contribution in [1.82, 2.24) is 0 Å². The van der Waals surface area contributed by atoms with Gasteiger partial charge in [0.1, 0.15) is 0 Å². The van der Waals surface area contributed by atoms with Crippen LogP contribution in [0.4, 0.5) is 5.69 Å². The molecule has 0 saturated heterocycles. The number of nitrogens with two attached hydrogens (primary N) is 1. The van der Waals surface area contributed by atoms with E-state index in [0.29, 0.717) is 6.54 Å². The molecule has 1 atom stereocenters. The summed E-state index contributed by atoms with van der Waals surface area (Å²) in [5, 5.41) is 3.32. The predicted octanol–water partition coefficient (Wildman–Crippen LogP) is 2.74. The summed E-state index contributed by atoms with van der Waals surface area (Å²) >= 11 is 0. The van der Waals surface area contributed by atoms with Crippen LogP contribution >= 0.6 is 0 Å². The minimum atomic E-state index is 0.0498. The number of rotatable bonds is 6. The monoisotopic (exact) mass is 256 g/mol. The van der Waals surface area contributed by atoms with Crippen molar-refractivity contribution < 1.29 is 4.74 Å². The van der Waals surface area contributed by atoms with Crippen molar-refractivity contribution in [2.24, 2.45) is 5.73 Å². The predicted molar refractivity (Wildman–Crippen MR) is 80.2 cm³/mol. The lowest BCUT2D eigenvalue weighted by Gasteiger charge is -2.14. The highest BCUT2D eigenvalue weighted by Crippen LogP contribution is 2.20. The third-order valence-corrected chi connectivity index (χ3v) is 3.12. The van der Waals surface area contributed by atoms with Crippen LogP contribution in [0.15, 0.2) is 54.6 Å². The van der Waals surface area contributed by atoms with E-state index in [1.807, 2.05) is 18.2 Å². The fourth-order valence-electron chi connectivity index (χ4n) is 1.91. The third-order valence-electron chi connectivity index (χ3n) is 3.12. The van der Waals surface area contributed by atoms with Crippen LogP contribution in [0.3, 0.4) is 0 Å². The Balaban J connectivity index is 1.99. The lowest BCUT2D eigenvalue weighted by atomic mass is 10.1. The Morgan fingerprint density at radius 1 is 1.00 bits per heavy atom. The van der Waals surface area contributed by atoms with Gasteiger partial charge in [-0.25, -0.2) is 0 Å². The molecule has 100 valence electrons. The highest BCUT2D eigenvalue weighted by Gasteiger charge is 2.03. The summed E-state index contributed by atoms with van der Waals surface area (Å²) in [6.45, 7) is 1.24. The molecule has 0 bridgehead atoms. The minimum absolute atomic E-state index is 0.0498. The summed E-state index contributed by atoms with van der Waals surface area (Å²) in [7, 11) is 1.68. The Hall–Kier alpha value is -1.84. The SMILES string of the molecule is COC(CN)CNc1ccc(-c2ccccc2)cc1. The zero-order valence-electron chi connectivity index (χ0n) is 11.2. The number of benzene rings is 2. The number of hydrogen-bond acceptors (Lipinski definition) is 3. The van der Waals surface area contributed by atoms with Gasteiger partial charge in [0.2, 0.25) is 0 Å². The summed E-state index contributed by atoms with van der Waals surface area (Å²) in [5.41, 5.74) is 9.10. The molecule has 0 aliphatic carbocycles. The first kappa shape index (κ1) is 13.6. The van der Waals surface area contributed by atoms with E-state index in [9.17, 15) is 0 Å². The molecule has 19 heavy (non-hydrogen) atoms. The van der Waals surface area contributed by atoms with Gasteiger partial charge in [-0.3, -0.25) is 0 Å². The lowest BCUT2D eigenvalue weighted by Crippen LogP contribution is -2.29. The fourth-order valence-corrected chi connectivity index (χ4v) is 1.91. The first-order chi connectivity index (χ1) is 9.33. The normalized spacial score (nSPS) is 12.1. The number of methoxy groups -OCH3 is 1. The van der Waals surface area contributed by atoms with E-state index in [4.69, 9.17) is 10.5 Å². The highest BCUT2D eigenvalue weighted by atomic mass is 16.5. The van der Waals surface area contributed by atoms with Crippen molar-refractivity contribution in [3.63, 3.8) is 0 Å². The van der Waals surface area contributed by atoms with Gasteiger partial charge in [0.05, 0.1) is 6.10 Å². The quantitative estimate of drug-likeness (QED) is 0.835. The minimum Gasteiger partial charge on any atom is -0.382 e. The van der Waals surface area contributed by atoms with Gasteiger partial charge < -0.3 is 15.8 Å². The van der Waals surface area contributed by atoms with Crippen molar-refractivity contribution in [3.8, 4) is 11.1 Å². The Morgan fingerprint density at radius 2 is 1.63 bits per heavy atom. The second-order valence-corrected chi connectivity index (χ2v) is 4.42. The summed E-state index contributed by atoms with van der Waals surface area (Å²) < 4.78 is 5.23. The Morgan fingerprint density at radius 3 is 2.21 bits per heavy atom. The van der Waals surface area contributed by atoms with E-state index in [2.05, 4.69) is 41.7 Å². The Bertz CT molecular complexity index is 478. The van der Waals surface area contributed by atoms with Gasteiger partial charge in [0, 0.05) is 25.9 Å². The maximum atomic E-state index is 5.58. The van der Waals surface area contributed by atoms with Crippen molar-refractivity contribution in [2.45, 2.75) is 6.10 Å². The maximum absolute atomic E-state index is 5.58. The molecule has 0 heterocycles. The first-order valence-corrected chi connectivity index (χ1v) is 6.45. The molecule has 0 amide bonds. The van der Waals surface area contributed by atoms with Gasteiger partial charge >= 0.3 is 0 Å². The molecular weight excluding hydrogens is 236 g/mol. The standard InChI is InChI=1S/C16H20N2O/c1-19-16(11-17)12-18-15-9-7-14(8-10-15)13-5-3-2-4-6-13/h2-10,16,18H,11-12,17H2,1H3. The number of anilines is 1. The van der Waals surface area contributed by atoms with E-state index in [0.717, 1.165) is 12.2 Å². The summed E-state index contributed by atoms with van der Waals surface area (Å²) in [4.78, 5) is 0. The summed E-state index contributed by atoms with van der Waals surface area (Å²) in [5.74, 6) is 0. The van der Waals surface area contributed by atoms with Gasteiger partial charge in [0.25, 0.3) is 0 Å². The summed E-state index contributed by atoms with van der Waals surface area (Å²) in [6, 6.07) is 18.7. The topological polar surface area (TPSA) is 47.3 Å². The zero-order chi connectivity index (χ0) is 13.5. The molecule has 0 aliphatic heterocycles. The van der Waals surface area contributed by atoms with Gasteiger partial charge in [-0.1, -0.05) is 42.5 Å². The lowest BCUT2D eigenvalue weighted by molar-refractivity contribution is 0.120. The molecule has 0 saturated carbocycles. The first-order valence-electron chi connectivity index (χ1n) is 6.45. The van der Waals surface area contributed by atoms with E-state index in [1.165, 1.54) is 11.1 Å². The number of ether oxygens (including phenoxy) is 1. The van der Waals surface area contributed by atoms with E-state index < -0.39 is 0 Å². The van der Waals surface area contributed by atoms with Crippen molar-refractivity contribution in [1.29, 1.82) is 0 Å². The van der Waals surface area contributed by atoms with Crippen LogP contribution in [-0.2, 0) is 4.74 Å². The molecule has 3 heteroatoms. The molecule has 3 nitrogen and oxygen atoms in total. The van der Waals surface area contributed by atoms with Crippen LogP contribution in [0.25, 0.3) is 11.1 Å². The highest BCUT2D eigenvalue weighted by molar-refractivity contribution is 5.65. The Labute approximate surface area is 114 Å². The second kappa shape index (κ2) is 6.92. The van der Waals surface area contributed by atoms with E-state index in [-0.39, 0.29) is 6.10 Å². The molecule has 0 aliphatic rings. The average molecular weight is 256 g/mol. The van der Waals surface area contributed by atoms with Crippen molar-refractivity contribution in [2.75, 3.05) is 25.5 Å². The number of hydrogen-bond donors (Lipinski definition) is 2. The fraction of sp³-hybridized carbons (Fsp3) is 0.250. The van der Waals surface area contributed by atoms with Gasteiger partial charge in [-0.2, -0.15) is 0 Å². The molecule has 2 aromatic carbocycles. The average Bonchev–Trinajstić information content (AvgIpc) is 2.50. The van der Waals surface area contributed by atoms with E-state index in [1.54, 1.807) is 7.11 Å². The molecular formula is C16H20N2O. The molecule has 0 spiro atoms.